The molecule has 0 aliphatic carbocycles. The van der Waals surface area contributed by atoms with Gasteiger partial charge in [0.05, 0.1) is 0 Å². The summed E-state index contributed by atoms with van der Waals surface area (Å²) in [5.41, 5.74) is 3.93. The highest BCUT2D eigenvalue weighted by Gasteiger charge is 2.18. The Kier molecular flexibility index (Phi) is 3.91. The molecular formula is C15H19BrN2. The third-order valence-corrected chi connectivity index (χ3v) is 3.60. The average Bonchev–Trinajstić information content (AvgIpc) is 2.80. The van der Waals surface area contributed by atoms with E-state index < -0.39 is 0 Å². The minimum absolute atomic E-state index is 0.472. The van der Waals surface area contributed by atoms with E-state index in [0.717, 1.165) is 10.3 Å². The fourth-order valence-electron chi connectivity index (χ4n) is 2.24. The van der Waals surface area contributed by atoms with E-state index in [0.29, 0.717) is 11.8 Å². The maximum atomic E-state index is 4.43. The van der Waals surface area contributed by atoms with Gasteiger partial charge in [-0.05, 0) is 35.1 Å². The molecule has 1 N–H and O–H groups in total. The van der Waals surface area contributed by atoms with E-state index in [1.165, 1.54) is 16.7 Å². The molecule has 2 rings (SSSR count). The SMILES string of the molecule is CC(C)c1cc(Br)cc(C(C)C)c1-c1ncc[nH]1. The van der Waals surface area contributed by atoms with E-state index in [1.807, 2.05) is 12.4 Å². The van der Waals surface area contributed by atoms with Crippen LogP contribution in [-0.2, 0) is 0 Å². The number of nitrogens with one attached hydrogen (secondary N) is 1. The van der Waals surface area contributed by atoms with Gasteiger partial charge in [0, 0.05) is 22.4 Å². The van der Waals surface area contributed by atoms with Gasteiger partial charge in [0.2, 0.25) is 0 Å². The largest absolute Gasteiger partial charge is 0.345 e. The van der Waals surface area contributed by atoms with Crippen molar-refractivity contribution in [1.29, 1.82) is 0 Å². The van der Waals surface area contributed by atoms with Gasteiger partial charge in [0.15, 0.2) is 0 Å². The number of aromatic amines is 1. The molecule has 0 aliphatic rings. The van der Waals surface area contributed by atoms with Gasteiger partial charge in [0.25, 0.3) is 0 Å². The highest BCUT2D eigenvalue weighted by Crippen LogP contribution is 2.36. The molecule has 1 heterocycles. The van der Waals surface area contributed by atoms with Gasteiger partial charge in [-0.15, -0.1) is 0 Å². The zero-order valence-electron chi connectivity index (χ0n) is 11.3. The summed E-state index contributed by atoms with van der Waals surface area (Å²) in [6, 6.07) is 4.41. The Hall–Kier alpha value is -1.09. The van der Waals surface area contributed by atoms with Crippen molar-refractivity contribution < 1.29 is 0 Å². The van der Waals surface area contributed by atoms with Crippen LogP contribution in [0.1, 0.15) is 50.7 Å². The predicted molar refractivity (Wildman–Crippen MR) is 79.9 cm³/mol. The molecule has 2 aromatic rings. The average molecular weight is 307 g/mol. The number of H-pyrrole nitrogens is 1. The molecule has 3 heteroatoms. The lowest BCUT2D eigenvalue weighted by Crippen LogP contribution is -2.01. The van der Waals surface area contributed by atoms with Crippen LogP contribution >= 0.6 is 15.9 Å². The third kappa shape index (κ3) is 2.51. The van der Waals surface area contributed by atoms with Gasteiger partial charge in [-0.2, -0.15) is 0 Å². The number of hydrogen-bond acceptors (Lipinski definition) is 1. The van der Waals surface area contributed by atoms with Gasteiger partial charge in [0.1, 0.15) is 5.82 Å². The summed E-state index contributed by atoms with van der Waals surface area (Å²) in [7, 11) is 0. The van der Waals surface area contributed by atoms with Crippen molar-refractivity contribution in [3.63, 3.8) is 0 Å². The second-order valence-electron chi connectivity index (χ2n) is 5.21. The molecule has 96 valence electrons. The maximum Gasteiger partial charge on any atom is 0.137 e. The number of benzene rings is 1. The first-order chi connectivity index (χ1) is 8.50. The summed E-state index contributed by atoms with van der Waals surface area (Å²) < 4.78 is 1.14. The minimum atomic E-state index is 0.472. The summed E-state index contributed by atoms with van der Waals surface area (Å²) in [4.78, 5) is 7.67. The van der Waals surface area contributed by atoms with Crippen molar-refractivity contribution in [2.75, 3.05) is 0 Å². The molecular weight excluding hydrogens is 288 g/mol. The topological polar surface area (TPSA) is 28.7 Å². The van der Waals surface area contributed by atoms with Crippen LogP contribution in [0.2, 0.25) is 0 Å². The zero-order chi connectivity index (χ0) is 13.3. The molecule has 0 bridgehead atoms. The number of rotatable bonds is 3. The quantitative estimate of drug-likeness (QED) is 0.841. The van der Waals surface area contributed by atoms with Crippen LogP contribution in [0.5, 0.6) is 0 Å². The Bertz CT molecular complexity index is 498. The highest BCUT2D eigenvalue weighted by molar-refractivity contribution is 9.10. The lowest BCUT2D eigenvalue weighted by Gasteiger charge is -2.19. The first-order valence-electron chi connectivity index (χ1n) is 6.33. The van der Waals surface area contributed by atoms with Crippen molar-refractivity contribution in [2.45, 2.75) is 39.5 Å². The Balaban J connectivity index is 2.73. The molecule has 0 atom stereocenters. The van der Waals surface area contributed by atoms with Gasteiger partial charge < -0.3 is 4.98 Å². The predicted octanol–water partition coefficient (Wildman–Crippen LogP) is 5.09. The molecule has 0 fully saturated rings. The van der Waals surface area contributed by atoms with Gasteiger partial charge in [-0.3, -0.25) is 0 Å². The van der Waals surface area contributed by atoms with E-state index >= 15 is 0 Å². The minimum Gasteiger partial charge on any atom is -0.345 e. The van der Waals surface area contributed by atoms with Crippen molar-refractivity contribution >= 4 is 15.9 Å². The lowest BCUT2D eigenvalue weighted by molar-refractivity contribution is 0.833. The number of hydrogen-bond donors (Lipinski definition) is 1. The molecule has 18 heavy (non-hydrogen) atoms. The summed E-state index contributed by atoms with van der Waals surface area (Å²) in [6.45, 7) is 8.88. The van der Waals surface area contributed by atoms with E-state index in [-0.39, 0.29) is 0 Å². The summed E-state index contributed by atoms with van der Waals surface area (Å²) in [5, 5.41) is 0. The molecule has 2 nitrogen and oxygen atoms in total. The summed E-state index contributed by atoms with van der Waals surface area (Å²) in [5.74, 6) is 1.91. The molecule has 0 saturated carbocycles. The molecule has 0 spiro atoms. The molecule has 1 aromatic heterocycles. The first kappa shape index (κ1) is 13.3. The number of nitrogens with zero attached hydrogens (tertiary/aromatic N) is 1. The van der Waals surface area contributed by atoms with Crippen molar-refractivity contribution in [1.82, 2.24) is 9.97 Å². The summed E-state index contributed by atoms with van der Waals surface area (Å²) in [6.07, 6.45) is 3.69. The zero-order valence-corrected chi connectivity index (χ0v) is 12.9. The number of imidazole rings is 1. The Labute approximate surface area is 117 Å². The van der Waals surface area contributed by atoms with Crippen LogP contribution in [-0.4, -0.2) is 9.97 Å². The Morgan fingerprint density at radius 1 is 1.06 bits per heavy atom. The van der Waals surface area contributed by atoms with Gasteiger partial charge in [-0.25, -0.2) is 4.98 Å². The summed E-state index contributed by atoms with van der Waals surface area (Å²) >= 11 is 3.62. The van der Waals surface area contributed by atoms with Crippen LogP contribution in [0, 0.1) is 0 Å². The molecule has 0 saturated heterocycles. The van der Waals surface area contributed by atoms with Crippen LogP contribution in [0.4, 0.5) is 0 Å². The number of aromatic nitrogens is 2. The van der Waals surface area contributed by atoms with E-state index in [2.05, 4.69) is 65.7 Å². The lowest BCUT2D eigenvalue weighted by atomic mass is 9.88. The molecule has 0 amide bonds. The van der Waals surface area contributed by atoms with Crippen LogP contribution in [0.15, 0.2) is 29.0 Å². The van der Waals surface area contributed by atoms with Crippen LogP contribution in [0.3, 0.4) is 0 Å². The van der Waals surface area contributed by atoms with E-state index in [4.69, 9.17) is 0 Å². The normalized spacial score (nSPS) is 11.5. The standard InChI is InChI=1S/C15H19BrN2/c1-9(2)12-7-11(16)8-13(10(3)4)14(12)15-17-5-6-18-15/h5-10H,1-4H3,(H,17,18). The van der Waals surface area contributed by atoms with Crippen molar-refractivity contribution in [2.24, 2.45) is 0 Å². The van der Waals surface area contributed by atoms with Crippen LogP contribution < -0.4 is 0 Å². The Morgan fingerprint density at radius 3 is 2.00 bits per heavy atom. The van der Waals surface area contributed by atoms with E-state index in [1.54, 1.807) is 0 Å². The fourth-order valence-corrected chi connectivity index (χ4v) is 2.73. The first-order valence-corrected chi connectivity index (χ1v) is 7.13. The maximum absolute atomic E-state index is 4.43. The number of halogens is 1. The monoisotopic (exact) mass is 306 g/mol. The smallest absolute Gasteiger partial charge is 0.137 e. The molecule has 0 radical (unpaired) electrons. The Morgan fingerprint density at radius 2 is 1.61 bits per heavy atom. The fraction of sp³-hybridized carbons (Fsp3) is 0.400. The van der Waals surface area contributed by atoms with Crippen molar-refractivity contribution in [3.05, 3.63) is 40.1 Å². The molecule has 0 unspecified atom stereocenters. The molecule has 0 aliphatic heterocycles. The second kappa shape index (κ2) is 5.27. The molecule has 1 aromatic carbocycles. The second-order valence-corrected chi connectivity index (χ2v) is 6.12. The van der Waals surface area contributed by atoms with Gasteiger partial charge >= 0.3 is 0 Å². The van der Waals surface area contributed by atoms with E-state index in [9.17, 15) is 0 Å². The van der Waals surface area contributed by atoms with Gasteiger partial charge in [-0.1, -0.05) is 43.6 Å². The van der Waals surface area contributed by atoms with Crippen molar-refractivity contribution in [3.8, 4) is 11.4 Å². The van der Waals surface area contributed by atoms with Crippen LogP contribution in [0.25, 0.3) is 11.4 Å². The highest BCUT2D eigenvalue weighted by atomic mass is 79.9. The third-order valence-electron chi connectivity index (χ3n) is 3.14.